The van der Waals surface area contributed by atoms with Gasteiger partial charge in [0.2, 0.25) is 0 Å². The molecule has 0 saturated carbocycles. The second kappa shape index (κ2) is 11.5. The first-order chi connectivity index (χ1) is 24.8. The molecule has 50 heavy (non-hydrogen) atoms. The van der Waals surface area contributed by atoms with Gasteiger partial charge in [0.1, 0.15) is 23.2 Å². The number of aromatic nitrogens is 1. The highest BCUT2D eigenvalue weighted by Crippen LogP contribution is 2.40. The molecule has 3 heterocycles. The van der Waals surface area contributed by atoms with Crippen LogP contribution in [-0.2, 0) is 0 Å². The number of fused-ring (bicyclic) bond motifs is 6. The largest absolute Gasteiger partial charge is 0.455 e. The molecule has 1 N–H and O–H groups in total. The lowest BCUT2D eigenvalue weighted by Crippen LogP contribution is -2.33. The zero-order valence-corrected chi connectivity index (χ0v) is 27.0. The standard InChI is InChI=1S/C45H30N4O/c1-4-14-29(15-5-1)37-27-33(28-38-36-21-11-13-23-41(36)50-42(37)38)49-39-22-12-10-20-34(39)35-25-24-32(26-40(35)49)45-47-43(30-16-6-2-7-17-30)46-44(48-45)31-18-8-3-9-19-31/h1-28,43H,(H,46,47,48). The number of aliphatic imine (C=N–C) groups is 2. The molecule has 1 aliphatic heterocycles. The van der Waals surface area contributed by atoms with Crippen molar-refractivity contribution in [3.8, 4) is 16.8 Å². The molecular formula is C45H30N4O. The van der Waals surface area contributed by atoms with Crippen LogP contribution in [0.25, 0.3) is 60.6 Å². The van der Waals surface area contributed by atoms with E-state index in [0.29, 0.717) is 5.84 Å². The van der Waals surface area contributed by atoms with Crippen LogP contribution in [0.5, 0.6) is 0 Å². The molecule has 0 saturated heterocycles. The zero-order valence-electron chi connectivity index (χ0n) is 27.0. The highest BCUT2D eigenvalue weighted by atomic mass is 16.3. The van der Waals surface area contributed by atoms with Gasteiger partial charge in [-0.05, 0) is 41.5 Å². The van der Waals surface area contributed by atoms with Crippen molar-refractivity contribution in [2.75, 3.05) is 0 Å². The van der Waals surface area contributed by atoms with E-state index in [1.807, 2.05) is 48.5 Å². The lowest BCUT2D eigenvalue weighted by Gasteiger charge is -2.23. The summed E-state index contributed by atoms with van der Waals surface area (Å²) in [4.78, 5) is 10.3. The molecular weight excluding hydrogens is 613 g/mol. The summed E-state index contributed by atoms with van der Waals surface area (Å²) in [5, 5.41) is 8.13. The second-order valence-corrected chi connectivity index (χ2v) is 12.7. The van der Waals surface area contributed by atoms with Crippen LogP contribution in [-0.4, -0.2) is 16.2 Å². The van der Waals surface area contributed by atoms with Gasteiger partial charge in [0.15, 0.2) is 5.84 Å². The van der Waals surface area contributed by atoms with E-state index in [4.69, 9.17) is 14.4 Å². The van der Waals surface area contributed by atoms with Crippen molar-refractivity contribution in [2.24, 2.45) is 9.98 Å². The number of amidine groups is 2. The van der Waals surface area contributed by atoms with Crippen molar-refractivity contribution in [3.63, 3.8) is 0 Å². The predicted octanol–water partition coefficient (Wildman–Crippen LogP) is 10.8. The molecule has 5 heteroatoms. The number of hydrogen-bond donors (Lipinski definition) is 1. The average molecular weight is 643 g/mol. The van der Waals surface area contributed by atoms with Crippen LogP contribution in [0.2, 0.25) is 0 Å². The number of furan rings is 1. The van der Waals surface area contributed by atoms with Crippen LogP contribution in [0.3, 0.4) is 0 Å². The third-order valence-corrected chi connectivity index (χ3v) is 9.64. The molecule has 1 aliphatic rings. The maximum Gasteiger partial charge on any atom is 0.159 e. The topological polar surface area (TPSA) is 54.8 Å². The minimum absolute atomic E-state index is 0.273. The smallest absolute Gasteiger partial charge is 0.159 e. The Morgan fingerprint density at radius 1 is 0.520 bits per heavy atom. The van der Waals surface area contributed by atoms with Crippen LogP contribution in [0, 0.1) is 0 Å². The summed E-state index contributed by atoms with van der Waals surface area (Å²) < 4.78 is 8.91. The molecule has 2 aromatic heterocycles. The Balaban J connectivity index is 1.22. The lowest BCUT2D eigenvalue weighted by molar-refractivity contribution is 0.670. The summed E-state index contributed by atoms with van der Waals surface area (Å²) in [6.07, 6.45) is -0.273. The number of nitrogens with zero attached hydrogens (tertiary/aromatic N) is 3. The minimum atomic E-state index is -0.273. The number of hydrogen-bond acceptors (Lipinski definition) is 4. The average Bonchev–Trinajstić information content (AvgIpc) is 3.74. The van der Waals surface area contributed by atoms with Crippen LogP contribution in [0.15, 0.2) is 184 Å². The Kier molecular flexibility index (Phi) is 6.49. The second-order valence-electron chi connectivity index (χ2n) is 12.7. The van der Waals surface area contributed by atoms with E-state index >= 15 is 0 Å². The first-order valence-electron chi connectivity index (χ1n) is 16.9. The summed E-state index contributed by atoms with van der Waals surface area (Å²) in [7, 11) is 0. The Morgan fingerprint density at radius 3 is 1.98 bits per heavy atom. The summed E-state index contributed by atoms with van der Waals surface area (Å²) in [5.41, 5.74) is 10.3. The van der Waals surface area contributed by atoms with Crippen molar-refractivity contribution in [3.05, 3.63) is 187 Å². The van der Waals surface area contributed by atoms with Gasteiger partial charge >= 0.3 is 0 Å². The van der Waals surface area contributed by atoms with E-state index in [1.165, 1.54) is 10.8 Å². The summed E-state index contributed by atoms with van der Waals surface area (Å²) in [6.45, 7) is 0. The maximum absolute atomic E-state index is 6.53. The SMILES string of the molecule is c1ccc(C2=NC(c3ccc4c5ccccc5n(-c5cc(-c6ccccc6)c6oc7ccccc7c6c5)c4c3)=NC(c3ccccc3)N2)cc1. The van der Waals surface area contributed by atoms with Gasteiger partial charge in [-0.15, -0.1) is 0 Å². The molecule has 1 unspecified atom stereocenters. The van der Waals surface area contributed by atoms with Crippen LogP contribution < -0.4 is 5.32 Å². The van der Waals surface area contributed by atoms with Crippen molar-refractivity contribution in [2.45, 2.75) is 6.17 Å². The Labute approximate surface area is 288 Å². The lowest BCUT2D eigenvalue weighted by atomic mass is 10.0. The fraction of sp³-hybridized carbons (Fsp3) is 0.0222. The predicted molar refractivity (Wildman–Crippen MR) is 205 cm³/mol. The van der Waals surface area contributed by atoms with Crippen LogP contribution in [0.1, 0.15) is 22.9 Å². The Hall–Kier alpha value is -6.72. The molecule has 7 aromatic carbocycles. The van der Waals surface area contributed by atoms with Gasteiger partial charge < -0.3 is 14.3 Å². The van der Waals surface area contributed by atoms with Crippen molar-refractivity contribution >= 4 is 55.4 Å². The van der Waals surface area contributed by atoms with Gasteiger partial charge in [0, 0.05) is 43.9 Å². The molecule has 0 aliphatic carbocycles. The third-order valence-electron chi connectivity index (χ3n) is 9.64. The minimum Gasteiger partial charge on any atom is -0.455 e. The van der Waals surface area contributed by atoms with E-state index < -0.39 is 0 Å². The molecule has 0 amide bonds. The number of nitrogens with one attached hydrogen (secondary N) is 1. The molecule has 0 bridgehead atoms. The summed E-state index contributed by atoms with van der Waals surface area (Å²) in [6, 6.07) is 59.2. The van der Waals surface area contributed by atoms with Crippen LogP contribution >= 0.6 is 0 Å². The van der Waals surface area contributed by atoms with Crippen molar-refractivity contribution in [1.82, 2.24) is 9.88 Å². The molecule has 9 aromatic rings. The Bertz CT molecular complexity index is 2780. The van der Waals surface area contributed by atoms with E-state index in [1.54, 1.807) is 0 Å². The van der Waals surface area contributed by atoms with Gasteiger partial charge in [-0.3, -0.25) is 0 Å². The summed E-state index contributed by atoms with van der Waals surface area (Å²) >= 11 is 0. The van der Waals surface area contributed by atoms with Crippen molar-refractivity contribution in [1.29, 1.82) is 0 Å². The number of para-hydroxylation sites is 2. The van der Waals surface area contributed by atoms with Gasteiger partial charge in [-0.1, -0.05) is 140 Å². The van der Waals surface area contributed by atoms with Gasteiger partial charge in [-0.2, -0.15) is 0 Å². The fourth-order valence-corrected chi connectivity index (χ4v) is 7.29. The number of rotatable bonds is 5. The molecule has 0 radical (unpaired) electrons. The highest BCUT2D eigenvalue weighted by Gasteiger charge is 2.23. The molecule has 1 atom stereocenters. The molecule has 236 valence electrons. The normalized spacial score (nSPS) is 14.6. The fourth-order valence-electron chi connectivity index (χ4n) is 7.29. The molecule has 0 fully saturated rings. The van der Waals surface area contributed by atoms with E-state index in [9.17, 15) is 0 Å². The number of benzene rings is 7. The first kappa shape index (κ1) is 28.3. The van der Waals surface area contributed by atoms with E-state index in [0.717, 1.165) is 72.3 Å². The zero-order chi connectivity index (χ0) is 33.0. The van der Waals surface area contributed by atoms with Gasteiger partial charge in [-0.25, -0.2) is 9.98 Å². The maximum atomic E-state index is 6.53. The third kappa shape index (κ3) is 4.63. The Morgan fingerprint density at radius 2 is 1.18 bits per heavy atom. The molecule has 0 spiro atoms. The van der Waals surface area contributed by atoms with Crippen LogP contribution in [0.4, 0.5) is 0 Å². The van der Waals surface area contributed by atoms with Crippen molar-refractivity contribution < 1.29 is 4.42 Å². The molecule has 10 rings (SSSR count). The monoisotopic (exact) mass is 642 g/mol. The first-order valence-corrected chi connectivity index (χ1v) is 16.9. The quantitative estimate of drug-likeness (QED) is 0.203. The summed E-state index contributed by atoms with van der Waals surface area (Å²) in [5.74, 6) is 1.49. The molecule has 5 nitrogen and oxygen atoms in total. The van der Waals surface area contributed by atoms with E-state index in [-0.39, 0.29) is 6.17 Å². The van der Waals surface area contributed by atoms with E-state index in [2.05, 4.69) is 131 Å². The van der Waals surface area contributed by atoms with Gasteiger partial charge in [0.25, 0.3) is 0 Å². The van der Waals surface area contributed by atoms with Gasteiger partial charge in [0.05, 0.1) is 11.0 Å². The highest BCUT2D eigenvalue weighted by molar-refractivity contribution is 6.17.